The molecule has 0 N–H and O–H groups in total. The van der Waals surface area contributed by atoms with E-state index in [0.29, 0.717) is 0 Å². The van der Waals surface area contributed by atoms with Gasteiger partial charge in [-0.1, -0.05) is 56.4 Å². The maximum Gasteiger partial charge on any atom is 0.0496 e. The van der Waals surface area contributed by atoms with Crippen LogP contribution in [0.15, 0.2) is 0 Å². The summed E-state index contributed by atoms with van der Waals surface area (Å²) in [5.74, 6) is 0. The first-order chi connectivity index (χ1) is 8.03. The zero-order valence-corrected chi connectivity index (χ0v) is 16.6. The zero-order valence-electron chi connectivity index (χ0n) is 13.5. The van der Waals surface area contributed by atoms with Gasteiger partial charge >= 0.3 is 0 Å². The summed E-state index contributed by atoms with van der Waals surface area (Å²) < 4.78 is 3.07. The monoisotopic (exact) mass is 392 g/mol. The molecule has 2 aromatic heterocycles. The van der Waals surface area contributed by atoms with Crippen LogP contribution in [0.1, 0.15) is 77.3 Å². The first kappa shape index (κ1) is 29.0. The summed E-state index contributed by atoms with van der Waals surface area (Å²) in [6, 6.07) is 0. The maximum atomic E-state index is 2.33. The molecule has 0 radical (unpaired) electrons. The number of fused-ring (bicyclic) bond motifs is 1. The van der Waals surface area contributed by atoms with Crippen LogP contribution < -0.4 is 0 Å². The average molecular weight is 392 g/mol. The number of aryl methyl sites for hydroxylation is 2. The molecule has 0 aliphatic carbocycles. The molecule has 0 saturated carbocycles. The molecule has 0 bridgehead atoms. The van der Waals surface area contributed by atoms with Gasteiger partial charge in [-0.05, 0) is 35.8 Å². The fourth-order valence-electron chi connectivity index (χ4n) is 2.89. The topological polar surface area (TPSA) is 0 Å². The van der Waals surface area contributed by atoms with E-state index in [9.17, 15) is 0 Å². The molecule has 0 aliphatic heterocycles. The van der Waals surface area contributed by atoms with Gasteiger partial charge in [0.15, 0.2) is 0 Å². The van der Waals surface area contributed by atoms with Crippen LogP contribution in [0, 0.1) is 89.3 Å². The fourth-order valence-corrected chi connectivity index (χ4v) is 6.41. The van der Waals surface area contributed by atoms with Crippen molar-refractivity contribution in [3.05, 3.63) is 20.9 Å². The standard InChI is InChI=1S/C16H24S2.2CH4.2Ar/c1-9-11(15(3,4)5)13-14(17-9)12(10(2)18-13)16(6,7)8;;;;/h1-8H3;2*1H4;;. The molecule has 0 fully saturated rings. The minimum Gasteiger partial charge on any atom is -0.139 e. The van der Waals surface area contributed by atoms with Crippen molar-refractivity contribution in [3.63, 3.8) is 0 Å². The van der Waals surface area contributed by atoms with Gasteiger partial charge in [-0.25, -0.2) is 0 Å². The van der Waals surface area contributed by atoms with Crippen molar-refractivity contribution < 1.29 is 75.5 Å². The fraction of sp³-hybridized carbons (Fsp3) is 0.667. The Balaban J connectivity index is -0.000000902. The van der Waals surface area contributed by atoms with E-state index >= 15 is 0 Å². The Hall–Kier alpha value is 2.18. The summed E-state index contributed by atoms with van der Waals surface area (Å²) in [5, 5.41) is 0. The molecule has 2 heterocycles. The van der Waals surface area contributed by atoms with Crippen molar-refractivity contribution >= 4 is 32.1 Å². The number of thiophene rings is 2. The molecule has 0 amide bonds. The van der Waals surface area contributed by atoms with Gasteiger partial charge in [-0.15, -0.1) is 22.7 Å². The van der Waals surface area contributed by atoms with E-state index in [1.54, 1.807) is 11.1 Å². The summed E-state index contributed by atoms with van der Waals surface area (Å²) in [4.78, 5) is 2.99. The summed E-state index contributed by atoms with van der Waals surface area (Å²) in [5.41, 5.74) is 3.61. The number of hydrogen-bond donors (Lipinski definition) is 0. The minimum atomic E-state index is 0. The Morgan fingerprint density at radius 3 is 1.00 bits per heavy atom. The minimum absolute atomic E-state index is 0. The molecule has 0 aromatic carbocycles. The Labute approximate surface area is 206 Å². The van der Waals surface area contributed by atoms with Crippen LogP contribution in [0.4, 0.5) is 0 Å². The Kier molecular flexibility index (Phi) is 12.8. The van der Waals surface area contributed by atoms with E-state index in [1.807, 2.05) is 22.7 Å². The van der Waals surface area contributed by atoms with Gasteiger partial charge in [0.05, 0.1) is 0 Å². The second-order valence-corrected chi connectivity index (χ2v) is 9.67. The van der Waals surface area contributed by atoms with Crippen LogP contribution in [0.5, 0.6) is 0 Å². The largest absolute Gasteiger partial charge is 0.139 e. The zero-order chi connectivity index (χ0) is 13.9. The molecule has 0 nitrogen and oxygen atoms in total. The molecule has 2 aromatic rings. The van der Waals surface area contributed by atoms with Crippen LogP contribution in [-0.2, 0) is 10.8 Å². The molecule has 0 atom stereocenters. The van der Waals surface area contributed by atoms with Gasteiger partial charge in [0.25, 0.3) is 0 Å². The normalized spacial score (nSPS) is 11.1. The quantitative estimate of drug-likeness (QED) is 0.437. The van der Waals surface area contributed by atoms with Crippen molar-refractivity contribution in [1.29, 1.82) is 0 Å². The van der Waals surface area contributed by atoms with E-state index in [-0.39, 0.29) is 101 Å². The van der Waals surface area contributed by atoms with Crippen molar-refractivity contribution in [2.24, 2.45) is 0 Å². The molecule has 0 saturated heterocycles. The molecular weight excluding hydrogens is 360 g/mol. The molecule has 22 heavy (non-hydrogen) atoms. The molecular formula is C18H32Ar2S2. The second-order valence-electron chi connectivity index (χ2n) is 7.22. The predicted octanol–water partition coefficient (Wildman–Crippen LogP) is 7.45. The number of rotatable bonds is 0. The third-order valence-electron chi connectivity index (χ3n) is 3.37. The molecule has 0 aliphatic rings. The third-order valence-corrected chi connectivity index (χ3v) is 5.75. The summed E-state index contributed by atoms with van der Waals surface area (Å²) in [6.45, 7) is 18.5. The molecule has 132 valence electrons. The van der Waals surface area contributed by atoms with Crippen LogP contribution >= 0.6 is 22.7 Å². The number of hydrogen-bond acceptors (Lipinski definition) is 2. The Morgan fingerprint density at radius 1 is 0.591 bits per heavy atom. The molecule has 2 rings (SSSR count). The Bertz CT molecular complexity index is 539. The van der Waals surface area contributed by atoms with Gasteiger partial charge in [-0.3, -0.25) is 0 Å². The van der Waals surface area contributed by atoms with E-state index < -0.39 is 0 Å². The molecule has 4 heteroatoms. The van der Waals surface area contributed by atoms with Crippen molar-refractivity contribution in [2.75, 3.05) is 0 Å². The predicted molar refractivity (Wildman–Crippen MR) is 100 cm³/mol. The SMILES string of the molecule is C.C.Cc1sc2c(C(C)(C)C)c(C)sc2c1C(C)(C)C.[Ar].[Ar]. The second kappa shape index (κ2) is 9.76. The maximum absolute atomic E-state index is 2.33. The molecule has 0 spiro atoms. The van der Waals surface area contributed by atoms with Crippen LogP contribution in [0.25, 0.3) is 9.40 Å². The van der Waals surface area contributed by atoms with Gasteiger partial charge in [0, 0.05) is 94.6 Å². The summed E-state index contributed by atoms with van der Waals surface area (Å²) in [7, 11) is 0. The van der Waals surface area contributed by atoms with Gasteiger partial charge in [0.1, 0.15) is 0 Å². The Morgan fingerprint density at radius 2 is 0.818 bits per heavy atom. The first-order valence-corrected chi connectivity index (χ1v) is 8.20. The summed E-state index contributed by atoms with van der Waals surface area (Å²) >= 11 is 3.98. The van der Waals surface area contributed by atoms with Gasteiger partial charge in [-0.2, -0.15) is 0 Å². The van der Waals surface area contributed by atoms with E-state index in [1.165, 1.54) is 19.2 Å². The van der Waals surface area contributed by atoms with Crippen molar-refractivity contribution in [1.82, 2.24) is 0 Å². The van der Waals surface area contributed by atoms with Crippen LogP contribution in [-0.4, -0.2) is 0 Å². The van der Waals surface area contributed by atoms with E-state index in [4.69, 9.17) is 0 Å². The smallest absolute Gasteiger partial charge is 0.0496 e. The average Bonchev–Trinajstić information content (AvgIpc) is 2.52. The summed E-state index contributed by atoms with van der Waals surface area (Å²) in [6.07, 6.45) is 0. The van der Waals surface area contributed by atoms with Crippen molar-refractivity contribution in [3.8, 4) is 0 Å². The third kappa shape index (κ3) is 5.59. The van der Waals surface area contributed by atoms with Gasteiger partial charge < -0.3 is 0 Å². The van der Waals surface area contributed by atoms with Crippen LogP contribution in [0.2, 0.25) is 0 Å². The molecule has 0 unspecified atom stereocenters. The van der Waals surface area contributed by atoms with Crippen LogP contribution in [0.3, 0.4) is 0 Å². The van der Waals surface area contributed by atoms with E-state index in [2.05, 4.69) is 55.4 Å². The van der Waals surface area contributed by atoms with Gasteiger partial charge in [0.2, 0.25) is 0 Å². The van der Waals surface area contributed by atoms with E-state index in [0.717, 1.165) is 0 Å². The first-order valence-electron chi connectivity index (χ1n) is 6.57. The van der Waals surface area contributed by atoms with Crippen molar-refractivity contribution in [2.45, 2.75) is 81.1 Å².